The van der Waals surface area contributed by atoms with E-state index >= 15 is 0 Å². The summed E-state index contributed by atoms with van der Waals surface area (Å²) < 4.78 is 40.1. The van der Waals surface area contributed by atoms with Crippen LogP contribution in [0.3, 0.4) is 0 Å². The predicted octanol–water partition coefficient (Wildman–Crippen LogP) is 3.03. The molecule has 1 N–H and O–H groups in total. The van der Waals surface area contributed by atoms with E-state index in [0.717, 1.165) is 17.9 Å². The van der Waals surface area contributed by atoms with Gasteiger partial charge in [-0.05, 0) is 12.1 Å². The van der Waals surface area contributed by atoms with Crippen molar-refractivity contribution < 1.29 is 13.2 Å². The van der Waals surface area contributed by atoms with Crippen molar-refractivity contribution in [1.29, 1.82) is 10.7 Å². The molecule has 1 aliphatic rings. The Kier molecular flexibility index (Phi) is 3.45. The molecular weight excluding hydrogens is 313 g/mol. The molecule has 2 aromatic rings. The lowest BCUT2D eigenvalue weighted by molar-refractivity contribution is -0.137. The Hall–Kier alpha value is -2.27. The molecule has 0 saturated heterocycles. The molecule has 1 aromatic heterocycles. The molecule has 0 saturated carbocycles. The van der Waals surface area contributed by atoms with Crippen LogP contribution in [0.5, 0.6) is 0 Å². The molecule has 1 aromatic carbocycles. The third-order valence-corrected chi connectivity index (χ3v) is 4.26. The lowest BCUT2D eigenvalue weighted by Crippen LogP contribution is -2.24. The van der Waals surface area contributed by atoms with Crippen molar-refractivity contribution in [3.63, 3.8) is 0 Å². The highest BCUT2D eigenvalue weighted by Crippen LogP contribution is 2.33. The maximum absolute atomic E-state index is 12.8. The van der Waals surface area contributed by atoms with Crippen molar-refractivity contribution in [1.82, 2.24) is 9.55 Å². The lowest BCUT2D eigenvalue weighted by atomic mass is 10.0. The number of nitrogens with one attached hydrogen (secondary N) is 1. The molecule has 0 unspecified atom stereocenters. The number of nitriles is 1. The van der Waals surface area contributed by atoms with Crippen molar-refractivity contribution in [3.05, 3.63) is 40.9 Å². The number of hydrogen-bond acceptors (Lipinski definition) is 4. The molecule has 112 valence electrons. The summed E-state index contributed by atoms with van der Waals surface area (Å²) in [7, 11) is 0. The smallest absolute Gasteiger partial charge is 0.304 e. The van der Waals surface area contributed by atoms with Crippen molar-refractivity contribution in [2.24, 2.45) is 0 Å². The van der Waals surface area contributed by atoms with Crippen LogP contribution in [-0.2, 0) is 12.7 Å². The number of hydrogen-bond donors (Lipinski definition) is 1. The summed E-state index contributed by atoms with van der Waals surface area (Å²) in [6.45, 7) is 0.573. The first-order valence-corrected chi connectivity index (χ1v) is 7.30. The van der Waals surface area contributed by atoms with Gasteiger partial charge in [0.2, 0.25) is 0 Å². The molecule has 4 nitrogen and oxygen atoms in total. The number of benzene rings is 1. The number of fused-ring (bicyclic) bond motifs is 1. The minimum absolute atomic E-state index is 0.00873. The third kappa shape index (κ3) is 2.37. The zero-order chi connectivity index (χ0) is 15.9. The summed E-state index contributed by atoms with van der Waals surface area (Å²) >= 11 is 1.42. The molecule has 0 atom stereocenters. The second-order valence-electron chi connectivity index (χ2n) is 4.66. The van der Waals surface area contributed by atoms with E-state index in [0.29, 0.717) is 11.7 Å². The zero-order valence-electron chi connectivity index (χ0n) is 11.1. The summed E-state index contributed by atoms with van der Waals surface area (Å²) in [5, 5.41) is 17.9. The quantitative estimate of drug-likeness (QED) is 0.821. The topological polar surface area (TPSA) is 65.5 Å². The average molecular weight is 322 g/mol. The fourth-order valence-electron chi connectivity index (χ4n) is 2.26. The van der Waals surface area contributed by atoms with Crippen LogP contribution in [-0.4, -0.2) is 15.3 Å². The maximum Gasteiger partial charge on any atom is 0.416 e. The average Bonchev–Trinajstić information content (AvgIpc) is 2.95. The molecule has 0 bridgehead atoms. The molecule has 3 rings (SSSR count). The van der Waals surface area contributed by atoms with E-state index < -0.39 is 11.7 Å². The number of alkyl halides is 3. The summed E-state index contributed by atoms with van der Waals surface area (Å²) in [4.78, 5) is 4.29. The number of thioether (sulfide) groups is 1. The van der Waals surface area contributed by atoms with Crippen LogP contribution in [0.15, 0.2) is 29.4 Å². The first-order chi connectivity index (χ1) is 10.4. The van der Waals surface area contributed by atoms with Gasteiger partial charge in [0.1, 0.15) is 17.1 Å². The maximum atomic E-state index is 12.8. The normalized spacial score (nSPS) is 13.7. The van der Waals surface area contributed by atoms with Crippen LogP contribution in [0, 0.1) is 16.7 Å². The van der Waals surface area contributed by atoms with Crippen LogP contribution in [0.2, 0.25) is 0 Å². The van der Waals surface area contributed by atoms with Crippen molar-refractivity contribution in [2.45, 2.75) is 17.9 Å². The third-order valence-electron chi connectivity index (χ3n) is 3.30. The van der Waals surface area contributed by atoms with E-state index in [4.69, 9.17) is 5.41 Å². The lowest BCUT2D eigenvalue weighted by Gasteiger charge is -2.11. The highest BCUT2D eigenvalue weighted by molar-refractivity contribution is 7.99. The fraction of sp³-hybridized carbons (Fsp3) is 0.214. The Morgan fingerprint density at radius 2 is 2.14 bits per heavy atom. The number of halogens is 3. The number of rotatable bonds is 1. The Morgan fingerprint density at radius 1 is 1.36 bits per heavy atom. The Morgan fingerprint density at radius 3 is 2.82 bits per heavy atom. The molecule has 8 heteroatoms. The summed E-state index contributed by atoms with van der Waals surface area (Å²) in [6.07, 6.45) is -4.47. The standard InChI is InChI=1S/C14H9F3N4S/c15-14(16,17)9-3-1-2-8(6-9)11-10(7-18)12(19)21-4-5-22-13(21)20-11/h1-3,6,19H,4-5H2. The van der Waals surface area contributed by atoms with Gasteiger partial charge in [0.25, 0.3) is 0 Å². The SMILES string of the molecule is N#Cc1c(-c2cccc(C(F)(F)F)c2)nc2n(c1=N)CCS2. The van der Waals surface area contributed by atoms with E-state index in [1.54, 1.807) is 4.57 Å². The minimum Gasteiger partial charge on any atom is -0.304 e. The van der Waals surface area contributed by atoms with Crippen molar-refractivity contribution in [3.8, 4) is 17.3 Å². The molecule has 0 spiro atoms. The zero-order valence-corrected chi connectivity index (χ0v) is 11.9. The molecular formula is C14H9F3N4S. The minimum atomic E-state index is -4.47. The molecule has 2 heterocycles. The summed E-state index contributed by atoms with van der Waals surface area (Å²) in [6, 6.07) is 6.56. The second kappa shape index (κ2) is 5.18. The largest absolute Gasteiger partial charge is 0.416 e. The first kappa shape index (κ1) is 14.7. The Bertz CT molecular complexity index is 849. The monoisotopic (exact) mass is 322 g/mol. The van der Waals surface area contributed by atoms with E-state index in [-0.39, 0.29) is 22.3 Å². The second-order valence-corrected chi connectivity index (χ2v) is 5.72. The van der Waals surface area contributed by atoms with Crippen LogP contribution < -0.4 is 5.49 Å². The van der Waals surface area contributed by atoms with Crippen LogP contribution in [0.25, 0.3) is 11.3 Å². The van der Waals surface area contributed by atoms with Gasteiger partial charge in [-0.3, -0.25) is 5.41 Å². The van der Waals surface area contributed by atoms with E-state index in [1.165, 1.54) is 23.9 Å². The predicted molar refractivity (Wildman–Crippen MR) is 74.0 cm³/mol. The van der Waals surface area contributed by atoms with Gasteiger partial charge in [-0.25, -0.2) is 4.98 Å². The van der Waals surface area contributed by atoms with E-state index in [1.807, 2.05) is 6.07 Å². The fourth-order valence-corrected chi connectivity index (χ4v) is 3.21. The Labute approximate surface area is 127 Å². The molecule has 0 fully saturated rings. The van der Waals surface area contributed by atoms with Crippen molar-refractivity contribution >= 4 is 11.8 Å². The summed E-state index contributed by atoms with van der Waals surface area (Å²) in [5.74, 6) is 0.732. The van der Waals surface area contributed by atoms with E-state index in [9.17, 15) is 18.4 Å². The van der Waals surface area contributed by atoms with Gasteiger partial charge < -0.3 is 4.57 Å². The van der Waals surface area contributed by atoms with Gasteiger partial charge in [-0.15, -0.1) is 0 Å². The Balaban J connectivity index is 2.24. The van der Waals surface area contributed by atoms with Crippen molar-refractivity contribution in [2.75, 3.05) is 5.75 Å². The molecule has 22 heavy (non-hydrogen) atoms. The number of aromatic nitrogens is 2. The van der Waals surface area contributed by atoms with Gasteiger partial charge in [-0.2, -0.15) is 18.4 Å². The van der Waals surface area contributed by atoms with Crippen LogP contribution in [0.1, 0.15) is 11.1 Å². The van der Waals surface area contributed by atoms with Gasteiger partial charge in [-0.1, -0.05) is 23.9 Å². The van der Waals surface area contributed by atoms with Gasteiger partial charge >= 0.3 is 6.18 Å². The van der Waals surface area contributed by atoms with Gasteiger partial charge in [0.05, 0.1) is 11.3 Å². The number of nitrogens with zero attached hydrogens (tertiary/aromatic N) is 3. The van der Waals surface area contributed by atoms with Crippen LogP contribution in [0.4, 0.5) is 13.2 Å². The highest BCUT2D eigenvalue weighted by atomic mass is 32.2. The van der Waals surface area contributed by atoms with E-state index in [2.05, 4.69) is 4.98 Å². The summed E-state index contributed by atoms with van der Waals surface area (Å²) in [5.41, 5.74) is -0.506. The molecule has 0 radical (unpaired) electrons. The van der Waals surface area contributed by atoms with Crippen LogP contribution >= 0.6 is 11.8 Å². The van der Waals surface area contributed by atoms with Gasteiger partial charge in [0, 0.05) is 17.9 Å². The molecule has 1 aliphatic heterocycles. The first-order valence-electron chi connectivity index (χ1n) is 6.32. The molecule has 0 aliphatic carbocycles. The highest BCUT2D eigenvalue weighted by Gasteiger charge is 2.31. The van der Waals surface area contributed by atoms with Gasteiger partial charge in [0.15, 0.2) is 5.16 Å². The molecule has 0 amide bonds.